The second-order valence-corrected chi connectivity index (χ2v) is 24.5. The predicted molar refractivity (Wildman–Crippen MR) is 353 cm³/mol. The van der Waals surface area contributed by atoms with E-state index in [0.717, 1.165) is 103 Å². The lowest BCUT2D eigenvalue weighted by Gasteiger charge is -2.24. The molecule has 0 spiro atoms. The molecule has 0 saturated heterocycles. The zero-order valence-corrected chi connectivity index (χ0v) is 54.3. The third-order valence-corrected chi connectivity index (χ3v) is 15.0. The molecule has 0 aliphatic rings. The Kier molecular flexibility index (Phi) is 59.2. The molecule has 9 nitrogen and oxygen atoms in total. The topological polar surface area (TPSA) is 108 Å². The summed E-state index contributed by atoms with van der Waals surface area (Å²) in [6, 6.07) is 0. The Bertz CT molecular complexity index is 1800. The van der Waals surface area contributed by atoms with Crippen LogP contribution in [0.5, 0.6) is 0 Å². The zero-order valence-electron chi connectivity index (χ0n) is 53.4. The molecule has 2 atom stereocenters. The molecule has 0 aromatic heterocycles. The molecule has 0 saturated carbocycles. The van der Waals surface area contributed by atoms with Crippen LogP contribution in [0.3, 0.4) is 0 Å². The van der Waals surface area contributed by atoms with Gasteiger partial charge in [-0.3, -0.25) is 18.6 Å². The first kappa shape index (κ1) is 78.4. The van der Waals surface area contributed by atoms with Gasteiger partial charge < -0.3 is 18.9 Å². The molecule has 1 N–H and O–H groups in total. The van der Waals surface area contributed by atoms with Crippen LogP contribution in [0.4, 0.5) is 0 Å². The number of rotatable bonds is 60. The Morgan fingerprint density at radius 1 is 0.378 bits per heavy atom. The lowest BCUT2D eigenvalue weighted by Crippen LogP contribution is -2.37. The number of likely N-dealkylation sites (N-methyl/N-ethyl adjacent to an activating group) is 1. The van der Waals surface area contributed by atoms with Crippen LogP contribution >= 0.6 is 7.82 Å². The smallest absolute Gasteiger partial charge is 0.462 e. The van der Waals surface area contributed by atoms with E-state index < -0.39 is 26.5 Å². The van der Waals surface area contributed by atoms with Crippen LogP contribution in [0.25, 0.3) is 0 Å². The number of quaternary nitrogens is 1. The van der Waals surface area contributed by atoms with Crippen LogP contribution in [0.15, 0.2) is 122 Å². The molecule has 0 aromatic rings. The van der Waals surface area contributed by atoms with Gasteiger partial charge in [0.05, 0.1) is 27.7 Å². The Morgan fingerprint density at radius 3 is 0.976 bits per heavy atom. The third-order valence-electron chi connectivity index (χ3n) is 14.0. The summed E-state index contributed by atoms with van der Waals surface area (Å²) in [5.74, 6) is -0.823. The average Bonchev–Trinajstić information content (AvgIpc) is 3.45. The summed E-state index contributed by atoms with van der Waals surface area (Å²) < 4.78 is 34.6. The average molecular weight is 1160 g/mol. The summed E-state index contributed by atoms with van der Waals surface area (Å²) in [5.41, 5.74) is 0. The number of hydrogen-bond acceptors (Lipinski definition) is 7. The van der Waals surface area contributed by atoms with Crippen LogP contribution < -0.4 is 0 Å². The number of phosphoric acid groups is 1. The van der Waals surface area contributed by atoms with Gasteiger partial charge in [0, 0.05) is 12.8 Å². The first-order valence-electron chi connectivity index (χ1n) is 33.3. The van der Waals surface area contributed by atoms with Gasteiger partial charge in [0.25, 0.3) is 0 Å². The van der Waals surface area contributed by atoms with Crippen LogP contribution in [0, 0.1) is 0 Å². The van der Waals surface area contributed by atoms with E-state index in [2.05, 4.69) is 135 Å². The molecule has 2 unspecified atom stereocenters. The van der Waals surface area contributed by atoms with Gasteiger partial charge in [0.1, 0.15) is 19.8 Å². The zero-order chi connectivity index (χ0) is 59.8. The Labute approximate surface area is 505 Å². The predicted octanol–water partition coefficient (Wildman–Crippen LogP) is 21.5. The van der Waals surface area contributed by atoms with E-state index in [9.17, 15) is 19.0 Å². The third kappa shape index (κ3) is 65.6. The maximum absolute atomic E-state index is 12.8. The molecule has 0 aliphatic carbocycles. The first-order valence-corrected chi connectivity index (χ1v) is 34.8. The number of phosphoric ester groups is 1. The van der Waals surface area contributed by atoms with E-state index in [1.807, 2.05) is 21.1 Å². The molecule has 82 heavy (non-hydrogen) atoms. The minimum atomic E-state index is -4.40. The van der Waals surface area contributed by atoms with Gasteiger partial charge in [-0.1, -0.05) is 277 Å². The normalized spacial score (nSPS) is 14.0. The molecule has 0 aromatic carbocycles. The van der Waals surface area contributed by atoms with Gasteiger partial charge in [0.15, 0.2) is 6.10 Å². The number of carbonyl (C=O) groups is 2. The van der Waals surface area contributed by atoms with Crippen molar-refractivity contribution >= 4 is 19.8 Å². The SMILES string of the molecule is CC/C=C\C/C=C\C/C=C\C/C=C\C/C=C\C/C=C\CCCCCCCCCCCCCCCCCCCCCCCCC(=O)OC(COC(=O)CCCCCC/C=C\C/C=C\C/C=C\C/C=C\CC)COP(=O)(O)OCC[N+](C)(C)C. The summed E-state index contributed by atoms with van der Waals surface area (Å²) in [6.45, 7) is 4.18. The Hall–Kier alpha value is -3.59. The summed E-state index contributed by atoms with van der Waals surface area (Å²) in [4.78, 5) is 35.7. The van der Waals surface area contributed by atoms with Gasteiger partial charge >= 0.3 is 19.8 Å². The number of hydrogen-bond donors (Lipinski definition) is 1. The summed E-state index contributed by atoms with van der Waals surface area (Å²) in [5, 5.41) is 0. The quantitative estimate of drug-likeness (QED) is 0.0211. The first-order chi connectivity index (χ1) is 40.0. The molecule has 0 fully saturated rings. The van der Waals surface area contributed by atoms with Gasteiger partial charge in [-0.15, -0.1) is 0 Å². The Morgan fingerprint density at radius 2 is 0.659 bits per heavy atom. The van der Waals surface area contributed by atoms with Crippen molar-refractivity contribution in [3.8, 4) is 0 Å². The van der Waals surface area contributed by atoms with Crippen molar-refractivity contribution < 1.29 is 42.1 Å². The van der Waals surface area contributed by atoms with Crippen molar-refractivity contribution in [3.63, 3.8) is 0 Å². The molecule has 0 amide bonds. The molecular formula is C72H125NO8P+. The van der Waals surface area contributed by atoms with E-state index in [0.29, 0.717) is 23.9 Å². The molecule has 0 radical (unpaired) electrons. The molecule has 0 aliphatic heterocycles. The molecule has 10 heteroatoms. The number of unbranched alkanes of at least 4 members (excludes halogenated alkanes) is 26. The van der Waals surface area contributed by atoms with Gasteiger partial charge in [-0.25, -0.2) is 4.57 Å². The van der Waals surface area contributed by atoms with Gasteiger partial charge in [0.2, 0.25) is 0 Å². The standard InChI is InChI=1S/C72H124NO8P/c1-6-8-10-12-14-16-18-20-22-24-25-26-27-28-29-30-31-32-33-34-35-36-37-38-39-40-41-42-43-44-45-46-47-49-51-53-55-57-59-61-63-65-72(75)81-70(69-80-82(76,77)79-67-66-73(3,4)5)68-78-71(74)64-62-60-58-56-54-52-50-48-23-21-19-17-15-13-11-9-7-2/h8-11,14-17,20-23,25-26,28-29,31-32,50,52,70H,6-7,12-13,18-19,24,27,30,33-49,51,53-69H2,1-5H3/p+1/b10-8-,11-9-,16-14-,17-15-,22-20-,23-21-,26-25-,29-28-,32-31-,52-50-. The van der Waals surface area contributed by atoms with Crippen molar-refractivity contribution in [3.05, 3.63) is 122 Å². The van der Waals surface area contributed by atoms with E-state index in [1.54, 1.807) is 0 Å². The van der Waals surface area contributed by atoms with Crippen molar-refractivity contribution in [2.75, 3.05) is 47.5 Å². The largest absolute Gasteiger partial charge is 0.472 e. The highest BCUT2D eigenvalue weighted by Crippen LogP contribution is 2.43. The molecule has 0 heterocycles. The second-order valence-electron chi connectivity index (χ2n) is 23.1. The van der Waals surface area contributed by atoms with E-state index in [4.69, 9.17) is 18.5 Å². The number of ether oxygens (including phenoxy) is 2. The lowest BCUT2D eigenvalue weighted by molar-refractivity contribution is -0.870. The van der Waals surface area contributed by atoms with Crippen LogP contribution in [-0.4, -0.2) is 74.9 Å². The van der Waals surface area contributed by atoms with E-state index in [1.165, 1.54) is 128 Å². The molecule has 0 rings (SSSR count). The van der Waals surface area contributed by atoms with Gasteiger partial charge in [-0.05, 0) is 103 Å². The van der Waals surface area contributed by atoms with Crippen molar-refractivity contribution in [1.82, 2.24) is 0 Å². The highest BCUT2D eigenvalue weighted by Gasteiger charge is 2.27. The van der Waals surface area contributed by atoms with Crippen molar-refractivity contribution in [1.29, 1.82) is 0 Å². The fraction of sp³-hybridized carbons (Fsp3) is 0.694. The number of carbonyl (C=O) groups excluding carboxylic acids is 2. The number of allylic oxidation sites excluding steroid dienone is 20. The van der Waals surface area contributed by atoms with Crippen LogP contribution in [0.1, 0.15) is 271 Å². The monoisotopic (exact) mass is 1160 g/mol. The summed E-state index contributed by atoms with van der Waals surface area (Å²) >= 11 is 0. The second kappa shape index (κ2) is 62.0. The fourth-order valence-electron chi connectivity index (χ4n) is 8.95. The van der Waals surface area contributed by atoms with Crippen molar-refractivity contribution in [2.24, 2.45) is 0 Å². The number of nitrogens with zero attached hydrogens (tertiary/aromatic N) is 1. The minimum absolute atomic E-state index is 0.0240. The lowest BCUT2D eigenvalue weighted by atomic mass is 10.0. The van der Waals surface area contributed by atoms with Crippen LogP contribution in [0.2, 0.25) is 0 Å². The minimum Gasteiger partial charge on any atom is -0.462 e. The maximum atomic E-state index is 12.8. The highest BCUT2D eigenvalue weighted by atomic mass is 31.2. The number of esters is 2. The Balaban J connectivity index is 3.96. The molecule has 470 valence electrons. The maximum Gasteiger partial charge on any atom is 0.472 e. The van der Waals surface area contributed by atoms with E-state index >= 15 is 0 Å². The molecular weight excluding hydrogens is 1040 g/mol. The summed E-state index contributed by atoms with van der Waals surface area (Å²) in [6.07, 6.45) is 88.8. The van der Waals surface area contributed by atoms with Gasteiger partial charge in [-0.2, -0.15) is 0 Å². The van der Waals surface area contributed by atoms with E-state index in [-0.39, 0.29) is 32.0 Å². The fourth-order valence-corrected chi connectivity index (χ4v) is 9.69. The highest BCUT2D eigenvalue weighted by molar-refractivity contribution is 7.47. The van der Waals surface area contributed by atoms with Crippen molar-refractivity contribution in [2.45, 2.75) is 277 Å². The van der Waals surface area contributed by atoms with Crippen LogP contribution in [-0.2, 0) is 32.7 Å². The summed E-state index contributed by atoms with van der Waals surface area (Å²) in [7, 11) is 1.46. The molecule has 0 bridgehead atoms.